The van der Waals surface area contributed by atoms with Crippen LogP contribution in [0.25, 0.3) is 0 Å². The van der Waals surface area contributed by atoms with Crippen molar-refractivity contribution in [1.82, 2.24) is 20.1 Å². The maximum Gasteiger partial charge on any atom is 0.164 e. The van der Waals surface area contributed by atoms with Gasteiger partial charge in [0, 0.05) is 12.6 Å². The van der Waals surface area contributed by atoms with Crippen molar-refractivity contribution in [1.29, 1.82) is 0 Å². The zero-order valence-corrected chi connectivity index (χ0v) is 9.24. The normalized spacial score (nSPS) is 15.5. The summed E-state index contributed by atoms with van der Waals surface area (Å²) in [7, 11) is 0. The first-order chi connectivity index (χ1) is 7.24. The summed E-state index contributed by atoms with van der Waals surface area (Å²) in [5, 5.41) is 7.78. The number of hydrogen-bond donors (Lipinski definition) is 1. The summed E-state index contributed by atoms with van der Waals surface area (Å²) in [5.74, 6) is 0.892. The number of rotatable bonds is 6. The van der Waals surface area contributed by atoms with Crippen LogP contribution in [0.2, 0.25) is 0 Å². The van der Waals surface area contributed by atoms with Crippen LogP contribution in [0, 0.1) is 0 Å². The predicted molar refractivity (Wildman–Crippen MR) is 59.3 cm³/mol. The topological polar surface area (TPSA) is 42.7 Å². The van der Waals surface area contributed by atoms with Crippen molar-refractivity contribution in [3.05, 3.63) is 24.3 Å². The Hall–Kier alpha value is -1.16. The van der Waals surface area contributed by atoms with Gasteiger partial charge in [0.25, 0.3) is 0 Å². The molecule has 1 aromatic heterocycles. The number of hydrogen-bond acceptors (Lipinski definition) is 3. The number of nitrogens with one attached hydrogen (secondary N) is 1. The molecule has 0 amide bonds. The van der Waals surface area contributed by atoms with E-state index < -0.39 is 0 Å². The molecule has 1 aliphatic rings. The number of aryl methyl sites for hydroxylation is 1. The fourth-order valence-corrected chi connectivity index (χ4v) is 1.35. The first-order valence-corrected chi connectivity index (χ1v) is 5.50. The van der Waals surface area contributed by atoms with E-state index in [0.29, 0.717) is 6.04 Å². The zero-order chi connectivity index (χ0) is 10.7. The Balaban J connectivity index is 1.77. The van der Waals surface area contributed by atoms with E-state index in [1.807, 2.05) is 11.6 Å². The zero-order valence-electron chi connectivity index (χ0n) is 9.24. The Bertz CT molecular complexity index is 338. The van der Waals surface area contributed by atoms with Gasteiger partial charge in [-0.2, -0.15) is 5.10 Å². The van der Waals surface area contributed by atoms with Crippen LogP contribution in [-0.2, 0) is 13.1 Å². The molecule has 0 saturated heterocycles. The largest absolute Gasteiger partial charge is 0.307 e. The van der Waals surface area contributed by atoms with Gasteiger partial charge in [-0.25, -0.2) is 4.98 Å². The van der Waals surface area contributed by atoms with Crippen LogP contribution < -0.4 is 5.32 Å². The summed E-state index contributed by atoms with van der Waals surface area (Å²) in [6.45, 7) is 7.58. The van der Waals surface area contributed by atoms with Gasteiger partial charge in [0.05, 0.1) is 6.54 Å². The molecule has 1 aliphatic carbocycles. The fraction of sp³-hybridized carbons (Fsp3) is 0.636. The molecule has 1 fully saturated rings. The quantitative estimate of drug-likeness (QED) is 0.717. The minimum atomic E-state index is 0.715. The van der Waals surface area contributed by atoms with Gasteiger partial charge in [-0.3, -0.25) is 4.68 Å². The van der Waals surface area contributed by atoms with E-state index in [1.54, 1.807) is 6.33 Å². The van der Waals surface area contributed by atoms with Gasteiger partial charge in [0.2, 0.25) is 0 Å². The van der Waals surface area contributed by atoms with Gasteiger partial charge in [0.15, 0.2) is 5.82 Å². The molecule has 15 heavy (non-hydrogen) atoms. The maximum absolute atomic E-state index is 4.38. The van der Waals surface area contributed by atoms with Crippen LogP contribution in [0.5, 0.6) is 0 Å². The number of aromatic nitrogens is 3. The predicted octanol–water partition coefficient (Wildman–Crippen LogP) is 1.50. The van der Waals surface area contributed by atoms with Crippen molar-refractivity contribution in [2.24, 2.45) is 0 Å². The van der Waals surface area contributed by atoms with Gasteiger partial charge in [0.1, 0.15) is 6.33 Å². The molecule has 1 N–H and O–H groups in total. The fourth-order valence-electron chi connectivity index (χ4n) is 1.35. The lowest BCUT2D eigenvalue weighted by atomic mass is 10.2. The summed E-state index contributed by atoms with van der Waals surface area (Å²) in [6, 6.07) is 0.715. The number of nitrogens with zero attached hydrogens (tertiary/aromatic N) is 3. The molecule has 4 nitrogen and oxygen atoms in total. The third-order valence-electron chi connectivity index (χ3n) is 2.48. The van der Waals surface area contributed by atoms with E-state index in [2.05, 4.69) is 22.0 Å². The van der Waals surface area contributed by atoms with Crippen molar-refractivity contribution in [2.45, 2.75) is 45.3 Å². The Labute approximate surface area is 90.4 Å². The molecule has 1 saturated carbocycles. The van der Waals surface area contributed by atoms with Gasteiger partial charge in [-0.05, 0) is 26.2 Å². The Kier molecular flexibility index (Phi) is 3.16. The van der Waals surface area contributed by atoms with Crippen LogP contribution in [0.1, 0.15) is 32.0 Å². The van der Waals surface area contributed by atoms with E-state index >= 15 is 0 Å². The lowest BCUT2D eigenvalue weighted by molar-refractivity contribution is 0.589. The highest BCUT2D eigenvalue weighted by Crippen LogP contribution is 2.18. The van der Waals surface area contributed by atoms with Crippen LogP contribution in [0.15, 0.2) is 18.5 Å². The monoisotopic (exact) mass is 206 g/mol. The molecule has 0 atom stereocenters. The lowest BCUT2D eigenvalue weighted by Gasteiger charge is -1.99. The summed E-state index contributed by atoms with van der Waals surface area (Å²) < 4.78 is 1.89. The third kappa shape index (κ3) is 3.47. The number of allylic oxidation sites excluding steroid dienone is 1. The van der Waals surface area contributed by atoms with Crippen LogP contribution >= 0.6 is 0 Å². The Morgan fingerprint density at radius 1 is 1.67 bits per heavy atom. The van der Waals surface area contributed by atoms with Gasteiger partial charge in [-0.15, -0.1) is 6.58 Å². The summed E-state index contributed by atoms with van der Waals surface area (Å²) in [4.78, 5) is 4.25. The summed E-state index contributed by atoms with van der Waals surface area (Å²) >= 11 is 0. The van der Waals surface area contributed by atoms with E-state index in [0.717, 1.165) is 25.3 Å². The minimum Gasteiger partial charge on any atom is -0.307 e. The van der Waals surface area contributed by atoms with Gasteiger partial charge >= 0.3 is 0 Å². The maximum atomic E-state index is 4.38. The van der Waals surface area contributed by atoms with Crippen molar-refractivity contribution in [3.8, 4) is 0 Å². The molecule has 82 valence electrons. The molecule has 0 aliphatic heterocycles. The minimum absolute atomic E-state index is 0.715. The highest BCUT2D eigenvalue weighted by molar-refractivity contribution is 4.89. The Morgan fingerprint density at radius 3 is 3.13 bits per heavy atom. The smallest absolute Gasteiger partial charge is 0.164 e. The summed E-state index contributed by atoms with van der Waals surface area (Å²) in [5.41, 5.74) is 1.18. The molecular weight excluding hydrogens is 188 g/mol. The average molecular weight is 206 g/mol. The average Bonchev–Trinajstić information content (AvgIpc) is 2.92. The molecule has 1 heterocycles. The summed E-state index contributed by atoms with van der Waals surface area (Å²) in [6.07, 6.45) is 5.37. The standard InChI is InChI=1S/C11H18N4/c1-9(2)5-6-15-8-13-11(14-15)7-12-10-3-4-10/h8,10,12H,1,3-7H2,2H3. The first-order valence-electron chi connectivity index (χ1n) is 5.50. The molecule has 0 aromatic carbocycles. The Morgan fingerprint density at radius 2 is 2.47 bits per heavy atom. The highest BCUT2D eigenvalue weighted by atomic mass is 15.3. The second kappa shape index (κ2) is 4.57. The second-order valence-electron chi connectivity index (χ2n) is 4.29. The molecular formula is C11H18N4. The van der Waals surface area contributed by atoms with E-state index in [1.165, 1.54) is 18.4 Å². The van der Waals surface area contributed by atoms with Crippen LogP contribution in [-0.4, -0.2) is 20.8 Å². The SMILES string of the molecule is C=C(C)CCn1cnc(CNC2CC2)n1. The van der Waals surface area contributed by atoms with Crippen LogP contribution in [0.3, 0.4) is 0 Å². The molecule has 0 unspecified atom stereocenters. The molecule has 0 radical (unpaired) electrons. The first kappa shape index (κ1) is 10.4. The van der Waals surface area contributed by atoms with Crippen molar-refractivity contribution < 1.29 is 0 Å². The lowest BCUT2D eigenvalue weighted by Crippen LogP contribution is -2.16. The van der Waals surface area contributed by atoms with Crippen molar-refractivity contribution in [2.75, 3.05) is 0 Å². The molecule has 0 bridgehead atoms. The van der Waals surface area contributed by atoms with Crippen molar-refractivity contribution >= 4 is 0 Å². The van der Waals surface area contributed by atoms with Crippen molar-refractivity contribution in [3.63, 3.8) is 0 Å². The van der Waals surface area contributed by atoms with E-state index in [-0.39, 0.29) is 0 Å². The van der Waals surface area contributed by atoms with Crippen LogP contribution in [0.4, 0.5) is 0 Å². The molecule has 2 rings (SSSR count). The third-order valence-corrected chi connectivity index (χ3v) is 2.48. The molecule has 4 heteroatoms. The highest BCUT2D eigenvalue weighted by Gasteiger charge is 2.20. The van der Waals surface area contributed by atoms with Gasteiger partial charge in [-0.1, -0.05) is 5.57 Å². The van der Waals surface area contributed by atoms with E-state index in [4.69, 9.17) is 0 Å². The van der Waals surface area contributed by atoms with Gasteiger partial charge < -0.3 is 5.32 Å². The van der Waals surface area contributed by atoms with E-state index in [9.17, 15) is 0 Å². The second-order valence-corrected chi connectivity index (χ2v) is 4.29. The molecule has 1 aromatic rings. The molecule has 0 spiro atoms.